The SMILES string of the molecule is C[C@]12Cc3cnn(-c4ccc(F)cc4)c3C=C1CC[C@@]2(O)CCc1ccccc1CN. The van der Waals surface area contributed by atoms with Crippen molar-refractivity contribution >= 4 is 6.08 Å². The number of benzene rings is 2. The van der Waals surface area contributed by atoms with E-state index in [0.29, 0.717) is 13.0 Å². The number of fused-ring (bicyclic) bond motifs is 2. The van der Waals surface area contributed by atoms with E-state index in [1.807, 2.05) is 23.0 Å². The van der Waals surface area contributed by atoms with Crippen LogP contribution in [-0.2, 0) is 19.4 Å². The maximum atomic E-state index is 13.3. The Balaban J connectivity index is 1.44. The van der Waals surface area contributed by atoms with Crippen molar-refractivity contribution in [1.29, 1.82) is 0 Å². The van der Waals surface area contributed by atoms with Crippen molar-refractivity contribution in [2.45, 2.75) is 51.2 Å². The monoisotopic (exact) mass is 417 g/mol. The van der Waals surface area contributed by atoms with Crippen LogP contribution in [0.4, 0.5) is 4.39 Å². The van der Waals surface area contributed by atoms with Gasteiger partial charge < -0.3 is 10.8 Å². The van der Waals surface area contributed by atoms with Gasteiger partial charge in [-0.25, -0.2) is 9.07 Å². The van der Waals surface area contributed by atoms with Gasteiger partial charge in [-0.15, -0.1) is 0 Å². The molecular weight excluding hydrogens is 389 g/mol. The van der Waals surface area contributed by atoms with Gasteiger partial charge >= 0.3 is 0 Å². The van der Waals surface area contributed by atoms with Crippen molar-refractivity contribution in [3.05, 3.63) is 88.5 Å². The third-order valence-corrected chi connectivity index (χ3v) is 7.50. The van der Waals surface area contributed by atoms with Crippen LogP contribution in [0.5, 0.6) is 0 Å². The molecule has 2 aliphatic carbocycles. The average Bonchev–Trinajstić information content (AvgIpc) is 3.29. The highest BCUT2D eigenvalue weighted by atomic mass is 19.1. The lowest BCUT2D eigenvalue weighted by molar-refractivity contribution is -0.0461. The number of halogens is 1. The Morgan fingerprint density at radius 3 is 2.61 bits per heavy atom. The molecule has 2 atom stereocenters. The number of hydrogen-bond acceptors (Lipinski definition) is 3. The fraction of sp³-hybridized carbons (Fsp3) is 0.346. The van der Waals surface area contributed by atoms with Crippen molar-refractivity contribution < 1.29 is 9.50 Å². The summed E-state index contributed by atoms with van der Waals surface area (Å²) >= 11 is 0. The molecule has 3 N–H and O–H groups in total. The second-order valence-electron chi connectivity index (χ2n) is 9.13. The largest absolute Gasteiger partial charge is 0.389 e. The van der Waals surface area contributed by atoms with Crippen LogP contribution in [0.3, 0.4) is 0 Å². The highest BCUT2D eigenvalue weighted by Crippen LogP contribution is 2.56. The van der Waals surface area contributed by atoms with Gasteiger partial charge in [-0.05, 0) is 79.1 Å². The molecular formula is C26H28FN3O. The van der Waals surface area contributed by atoms with Crippen LogP contribution in [-0.4, -0.2) is 20.5 Å². The molecule has 5 heteroatoms. The Labute approximate surface area is 182 Å². The molecule has 0 aliphatic heterocycles. The van der Waals surface area contributed by atoms with Gasteiger partial charge in [-0.2, -0.15) is 5.10 Å². The van der Waals surface area contributed by atoms with Crippen LogP contribution < -0.4 is 5.73 Å². The van der Waals surface area contributed by atoms with Gasteiger partial charge in [0, 0.05) is 12.0 Å². The lowest BCUT2D eigenvalue weighted by Crippen LogP contribution is -2.45. The first-order valence-corrected chi connectivity index (χ1v) is 11.0. The van der Waals surface area contributed by atoms with Gasteiger partial charge in [0.2, 0.25) is 0 Å². The second kappa shape index (κ2) is 7.43. The third-order valence-electron chi connectivity index (χ3n) is 7.50. The van der Waals surface area contributed by atoms with Crippen molar-refractivity contribution in [2.24, 2.45) is 11.1 Å². The minimum absolute atomic E-state index is 0.257. The Morgan fingerprint density at radius 2 is 1.87 bits per heavy atom. The Hall–Kier alpha value is -2.76. The average molecular weight is 418 g/mol. The van der Waals surface area contributed by atoms with Gasteiger partial charge in [-0.3, -0.25) is 0 Å². The van der Waals surface area contributed by atoms with E-state index in [1.54, 1.807) is 12.1 Å². The maximum Gasteiger partial charge on any atom is 0.123 e. The minimum Gasteiger partial charge on any atom is -0.389 e. The summed E-state index contributed by atoms with van der Waals surface area (Å²) in [7, 11) is 0. The quantitative estimate of drug-likeness (QED) is 0.639. The molecule has 1 saturated carbocycles. The zero-order valence-corrected chi connectivity index (χ0v) is 17.8. The van der Waals surface area contributed by atoms with Gasteiger partial charge in [0.05, 0.1) is 23.2 Å². The Morgan fingerprint density at radius 1 is 1.13 bits per heavy atom. The molecule has 0 amide bonds. The van der Waals surface area contributed by atoms with E-state index in [4.69, 9.17) is 5.73 Å². The summed E-state index contributed by atoms with van der Waals surface area (Å²) in [5, 5.41) is 16.4. The summed E-state index contributed by atoms with van der Waals surface area (Å²) < 4.78 is 15.2. The van der Waals surface area contributed by atoms with Gasteiger partial charge in [0.15, 0.2) is 0 Å². The Bertz CT molecular complexity index is 1150. The maximum absolute atomic E-state index is 13.3. The molecule has 5 rings (SSSR count). The van der Waals surface area contributed by atoms with Crippen LogP contribution in [0, 0.1) is 11.2 Å². The molecule has 31 heavy (non-hydrogen) atoms. The first kappa shape index (κ1) is 20.2. The molecule has 0 spiro atoms. The van der Waals surface area contributed by atoms with Crippen molar-refractivity contribution in [2.75, 3.05) is 0 Å². The van der Waals surface area contributed by atoms with E-state index in [2.05, 4.69) is 30.2 Å². The predicted octanol–water partition coefficient (Wildman–Crippen LogP) is 4.57. The molecule has 0 unspecified atom stereocenters. The standard InChI is InChI=1S/C26H28FN3O/c1-25-15-20-17-29-30(23-8-6-22(27)7-9-23)24(20)14-21(25)11-13-26(25,31)12-10-18-4-2-3-5-19(18)16-28/h2-9,14,17,31H,10-13,15-16,28H2,1H3/t25-,26-/m0/s1. The molecule has 3 aromatic rings. The van der Waals surface area contributed by atoms with Gasteiger partial charge in [0.1, 0.15) is 5.82 Å². The van der Waals surface area contributed by atoms with Crippen molar-refractivity contribution in [1.82, 2.24) is 9.78 Å². The minimum atomic E-state index is -0.768. The van der Waals surface area contributed by atoms with Gasteiger partial charge in [0.25, 0.3) is 0 Å². The molecule has 4 nitrogen and oxygen atoms in total. The van der Waals surface area contributed by atoms with E-state index in [0.717, 1.165) is 48.2 Å². The number of rotatable bonds is 5. The summed E-state index contributed by atoms with van der Waals surface area (Å²) in [6.45, 7) is 2.71. The molecule has 0 radical (unpaired) electrons. The highest BCUT2D eigenvalue weighted by Gasteiger charge is 2.54. The normalized spacial score (nSPS) is 24.6. The van der Waals surface area contributed by atoms with Gasteiger partial charge in [-0.1, -0.05) is 36.8 Å². The van der Waals surface area contributed by atoms with Crippen LogP contribution in [0.15, 0.2) is 60.3 Å². The molecule has 1 heterocycles. The lowest BCUT2D eigenvalue weighted by atomic mass is 9.65. The molecule has 160 valence electrons. The van der Waals surface area contributed by atoms with E-state index in [9.17, 15) is 9.50 Å². The van der Waals surface area contributed by atoms with E-state index in [1.165, 1.54) is 23.3 Å². The number of aliphatic hydroxyl groups is 1. The van der Waals surface area contributed by atoms with E-state index >= 15 is 0 Å². The molecule has 0 bridgehead atoms. The fourth-order valence-electron chi connectivity index (χ4n) is 5.46. The Kier molecular flexibility index (Phi) is 4.83. The van der Waals surface area contributed by atoms with Crippen LogP contribution >= 0.6 is 0 Å². The van der Waals surface area contributed by atoms with E-state index in [-0.39, 0.29) is 11.2 Å². The second-order valence-corrected chi connectivity index (χ2v) is 9.13. The number of nitrogens with two attached hydrogens (primary N) is 1. The molecule has 1 aromatic heterocycles. The van der Waals surface area contributed by atoms with Crippen LogP contribution in [0.1, 0.15) is 48.6 Å². The number of aryl methyl sites for hydroxylation is 1. The zero-order chi connectivity index (χ0) is 21.6. The van der Waals surface area contributed by atoms with Crippen LogP contribution in [0.25, 0.3) is 11.8 Å². The lowest BCUT2D eigenvalue weighted by Gasteiger charge is -2.42. The molecule has 2 aliphatic rings. The molecule has 1 fully saturated rings. The molecule has 2 aromatic carbocycles. The first-order chi connectivity index (χ1) is 14.9. The predicted molar refractivity (Wildman–Crippen MR) is 120 cm³/mol. The summed E-state index contributed by atoms with van der Waals surface area (Å²) in [6.07, 6.45) is 7.99. The topological polar surface area (TPSA) is 64.1 Å². The summed E-state index contributed by atoms with van der Waals surface area (Å²) in [5.41, 5.74) is 11.5. The number of hydrogen-bond donors (Lipinski definition) is 2. The van der Waals surface area contributed by atoms with Crippen molar-refractivity contribution in [3.8, 4) is 5.69 Å². The third kappa shape index (κ3) is 3.24. The van der Waals surface area contributed by atoms with Crippen molar-refractivity contribution in [3.63, 3.8) is 0 Å². The van der Waals surface area contributed by atoms with Crippen LogP contribution in [0.2, 0.25) is 0 Å². The summed E-state index contributed by atoms with van der Waals surface area (Å²) in [6, 6.07) is 14.6. The smallest absolute Gasteiger partial charge is 0.123 e. The zero-order valence-electron chi connectivity index (χ0n) is 17.8. The number of nitrogens with zero attached hydrogens (tertiary/aromatic N) is 2. The number of aromatic nitrogens is 2. The summed E-state index contributed by atoms with van der Waals surface area (Å²) in [4.78, 5) is 0. The summed E-state index contributed by atoms with van der Waals surface area (Å²) in [5.74, 6) is -0.257. The first-order valence-electron chi connectivity index (χ1n) is 11.0. The fourth-order valence-corrected chi connectivity index (χ4v) is 5.46. The van der Waals surface area contributed by atoms with E-state index < -0.39 is 5.60 Å². The molecule has 0 saturated heterocycles. The highest BCUT2D eigenvalue weighted by molar-refractivity contribution is 5.62.